The molecule has 0 saturated carbocycles. The van der Waals surface area contributed by atoms with Gasteiger partial charge in [-0.15, -0.1) is 0 Å². The maximum absolute atomic E-state index is 12.8. The molecule has 0 saturated heterocycles. The van der Waals surface area contributed by atoms with Crippen molar-refractivity contribution in [3.63, 3.8) is 0 Å². The van der Waals surface area contributed by atoms with E-state index in [1.54, 1.807) is 13.8 Å². The molecule has 17 heavy (non-hydrogen) atoms. The highest BCUT2D eigenvalue weighted by Gasteiger charge is 2.15. The Morgan fingerprint density at radius 3 is 2.18 bits per heavy atom. The van der Waals surface area contributed by atoms with E-state index >= 15 is 0 Å². The van der Waals surface area contributed by atoms with Crippen molar-refractivity contribution in [3.8, 4) is 0 Å². The van der Waals surface area contributed by atoms with Crippen molar-refractivity contribution in [2.24, 2.45) is 0 Å². The number of halogens is 2. The molecule has 3 nitrogen and oxygen atoms in total. The predicted octanol–water partition coefficient (Wildman–Crippen LogP) is 2.49. The predicted molar refractivity (Wildman–Crippen MR) is 56.5 cm³/mol. The highest BCUT2D eigenvalue weighted by Crippen LogP contribution is 2.10. The van der Waals surface area contributed by atoms with Gasteiger partial charge in [-0.3, -0.25) is 9.59 Å². The third-order valence-corrected chi connectivity index (χ3v) is 1.86. The molecule has 0 aliphatic rings. The van der Waals surface area contributed by atoms with Gasteiger partial charge in [-0.1, -0.05) is 0 Å². The van der Waals surface area contributed by atoms with Crippen LogP contribution in [0.1, 0.15) is 30.6 Å². The number of ether oxygens (including phenoxy) is 1. The Morgan fingerprint density at radius 2 is 1.71 bits per heavy atom. The number of benzene rings is 1. The molecule has 0 unspecified atom stereocenters. The summed E-state index contributed by atoms with van der Waals surface area (Å²) in [7, 11) is 0. The Kier molecular flexibility index (Phi) is 4.31. The molecular formula is C12H12F2O3. The minimum atomic E-state index is -0.856. The summed E-state index contributed by atoms with van der Waals surface area (Å²) in [5.41, 5.74) is -0.178. The van der Waals surface area contributed by atoms with Crippen LogP contribution in [-0.4, -0.2) is 17.9 Å². The molecule has 0 heterocycles. The van der Waals surface area contributed by atoms with Crippen LogP contribution in [0, 0.1) is 11.6 Å². The zero-order valence-corrected chi connectivity index (χ0v) is 9.50. The van der Waals surface area contributed by atoms with Gasteiger partial charge in [0.1, 0.15) is 18.1 Å². The van der Waals surface area contributed by atoms with E-state index in [-0.39, 0.29) is 11.7 Å². The van der Waals surface area contributed by atoms with Crippen LogP contribution >= 0.6 is 0 Å². The van der Waals surface area contributed by atoms with Crippen molar-refractivity contribution in [1.29, 1.82) is 0 Å². The fourth-order valence-corrected chi connectivity index (χ4v) is 1.25. The van der Waals surface area contributed by atoms with Gasteiger partial charge in [0.2, 0.25) is 0 Å². The van der Waals surface area contributed by atoms with E-state index in [2.05, 4.69) is 0 Å². The quantitative estimate of drug-likeness (QED) is 0.463. The molecule has 0 bridgehead atoms. The zero-order valence-electron chi connectivity index (χ0n) is 9.50. The Morgan fingerprint density at radius 1 is 1.18 bits per heavy atom. The third kappa shape index (κ3) is 4.30. The molecule has 92 valence electrons. The molecule has 0 spiro atoms. The van der Waals surface area contributed by atoms with Crippen LogP contribution in [0.25, 0.3) is 0 Å². The first kappa shape index (κ1) is 13.3. The fourth-order valence-electron chi connectivity index (χ4n) is 1.25. The standard InChI is InChI=1S/C12H12F2O3/c1-7(2)17-12(16)6-11(15)8-3-9(13)5-10(14)4-8/h3-5,7H,6H2,1-2H3. The maximum atomic E-state index is 12.8. The van der Waals surface area contributed by atoms with Crippen LogP contribution in [0.2, 0.25) is 0 Å². The average Bonchev–Trinajstić information content (AvgIpc) is 2.14. The van der Waals surface area contributed by atoms with Crippen molar-refractivity contribution in [2.45, 2.75) is 26.4 Å². The van der Waals surface area contributed by atoms with E-state index in [9.17, 15) is 18.4 Å². The number of hydrogen-bond acceptors (Lipinski definition) is 3. The van der Waals surface area contributed by atoms with Gasteiger partial charge in [-0.05, 0) is 26.0 Å². The lowest BCUT2D eigenvalue weighted by molar-refractivity contribution is -0.146. The maximum Gasteiger partial charge on any atom is 0.313 e. The van der Waals surface area contributed by atoms with Crippen LogP contribution in [-0.2, 0) is 9.53 Å². The second-order valence-corrected chi connectivity index (χ2v) is 3.80. The average molecular weight is 242 g/mol. The van der Waals surface area contributed by atoms with Crippen LogP contribution in [0.15, 0.2) is 18.2 Å². The monoisotopic (exact) mass is 242 g/mol. The second kappa shape index (κ2) is 5.52. The first-order valence-electron chi connectivity index (χ1n) is 5.07. The minimum Gasteiger partial charge on any atom is -0.463 e. The molecule has 0 radical (unpaired) electrons. The summed E-state index contributed by atoms with van der Waals surface area (Å²) in [5.74, 6) is -3.10. The Balaban J connectivity index is 2.73. The molecule has 1 rings (SSSR count). The van der Waals surface area contributed by atoms with Crippen LogP contribution in [0.3, 0.4) is 0 Å². The molecule has 0 aliphatic heterocycles. The molecule has 0 amide bonds. The van der Waals surface area contributed by atoms with E-state index in [0.29, 0.717) is 6.07 Å². The second-order valence-electron chi connectivity index (χ2n) is 3.80. The summed E-state index contributed by atoms with van der Waals surface area (Å²) in [4.78, 5) is 22.7. The first-order valence-corrected chi connectivity index (χ1v) is 5.07. The van der Waals surface area contributed by atoms with Crippen molar-refractivity contribution in [2.75, 3.05) is 0 Å². The summed E-state index contributed by atoms with van der Waals surface area (Å²) in [6.45, 7) is 3.29. The molecule has 1 aromatic carbocycles. The minimum absolute atomic E-state index is 0.178. The van der Waals surface area contributed by atoms with Gasteiger partial charge in [-0.2, -0.15) is 0 Å². The Labute approximate surface area is 97.4 Å². The summed E-state index contributed by atoms with van der Waals surface area (Å²) in [6, 6.07) is 2.42. The molecule has 0 fully saturated rings. The number of Topliss-reactive ketones (excluding diaryl/α,β-unsaturated/α-hetero) is 1. The van der Waals surface area contributed by atoms with Crippen LogP contribution in [0.4, 0.5) is 8.78 Å². The lowest BCUT2D eigenvalue weighted by atomic mass is 10.1. The number of ketones is 1. The van der Waals surface area contributed by atoms with Gasteiger partial charge in [0.15, 0.2) is 5.78 Å². The van der Waals surface area contributed by atoms with E-state index in [0.717, 1.165) is 12.1 Å². The lowest BCUT2D eigenvalue weighted by Crippen LogP contribution is -2.15. The fraction of sp³-hybridized carbons (Fsp3) is 0.333. The molecule has 0 atom stereocenters. The van der Waals surface area contributed by atoms with Gasteiger partial charge in [0, 0.05) is 11.6 Å². The van der Waals surface area contributed by atoms with E-state index in [1.165, 1.54) is 0 Å². The molecule has 0 N–H and O–H groups in total. The summed E-state index contributed by atoms with van der Waals surface area (Å²) >= 11 is 0. The van der Waals surface area contributed by atoms with Crippen LogP contribution in [0.5, 0.6) is 0 Å². The number of carbonyl (C=O) groups excluding carboxylic acids is 2. The van der Waals surface area contributed by atoms with Gasteiger partial charge in [0.25, 0.3) is 0 Å². The molecular weight excluding hydrogens is 230 g/mol. The highest BCUT2D eigenvalue weighted by atomic mass is 19.1. The van der Waals surface area contributed by atoms with Crippen molar-refractivity contribution < 1.29 is 23.1 Å². The normalized spacial score (nSPS) is 10.4. The highest BCUT2D eigenvalue weighted by molar-refractivity contribution is 6.05. The summed E-state index contributed by atoms with van der Waals surface area (Å²) in [5, 5.41) is 0. The number of rotatable bonds is 4. The van der Waals surface area contributed by atoms with Gasteiger partial charge in [0.05, 0.1) is 6.10 Å². The Hall–Kier alpha value is -1.78. The van der Waals surface area contributed by atoms with E-state index in [4.69, 9.17) is 4.74 Å². The molecule has 1 aromatic rings. The van der Waals surface area contributed by atoms with Gasteiger partial charge >= 0.3 is 5.97 Å². The topological polar surface area (TPSA) is 43.4 Å². The van der Waals surface area contributed by atoms with E-state index < -0.39 is 29.8 Å². The summed E-state index contributed by atoms with van der Waals surface area (Å²) < 4.78 is 30.4. The van der Waals surface area contributed by atoms with E-state index in [1.807, 2.05) is 0 Å². The number of hydrogen-bond donors (Lipinski definition) is 0. The SMILES string of the molecule is CC(C)OC(=O)CC(=O)c1cc(F)cc(F)c1. The summed E-state index contributed by atoms with van der Waals surface area (Å²) in [6.07, 6.45) is -0.860. The molecule has 5 heteroatoms. The third-order valence-electron chi connectivity index (χ3n) is 1.86. The lowest BCUT2D eigenvalue weighted by Gasteiger charge is -2.07. The molecule has 0 aliphatic carbocycles. The van der Waals surface area contributed by atoms with Crippen molar-refractivity contribution >= 4 is 11.8 Å². The smallest absolute Gasteiger partial charge is 0.313 e. The van der Waals surface area contributed by atoms with Gasteiger partial charge in [-0.25, -0.2) is 8.78 Å². The largest absolute Gasteiger partial charge is 0.463 e. The van der Waals surface area contributed by atoms with Crippen molar-refractivity contribution in [3.05, 3.63) is 35.4 Å². The van der Waals surface area contributed by atoms with Crippen molar-refractivity contribution in [1.82, 2.24) is 0 Å². The number of esters is 1. The van der Waals surface area contributed by atoms with Gasteiger partial charge < -0.3 is 4.74 Å². The first-order chi connectivity index (χ1) is 7.88. The molecule has 0 aromatic heterocycles. The van der Waals surface area contributed by atoms with Crippen LogP contribution < -0.4 is 0 Å². The zero-order chi connectivity index (χ0) is 13.0. The Bertz CT molecular complexity index is 421. The number of carbonyl (C=O) groups is 2.